The van der Waals surface area contributed by atoms with E-state index < -0.39 is 0 Å². The number of para-hydroxylation sites is 2. The summed E-state index contributed by atoms with van der Waals surface area (Å²) >= 11 is 0. The minimum absolute atomic E-state index is 0.867. The van der Waals surface area contributed by atoms with Gasteiger partial charge < -0.3 is 0 Å². The number of benzene rings is 5. The van der Waals surface area contributed by atoms with Crippen LogP contribution in [0, 0.1) is 0 Å². The number of imidazole rings is 2. The Morgan fingerprint density at radius 1 is 0.477 bits per heavy atom. The molecule has 0 amide bonds. The van der Waals surface area contributed by atoms with E-state index in [0.29, 0.717) is 0 Å². The molecule has 9 rings (SSSR count). The zero-order valence-corrected chi connectivity index (χ0v) is 23.7. The van der Waals surface area contributed by atoms with Crippen molar-refractivity contribution >= 4 is 38.6 Å². The van der Waals surface area contributed by atoms with E-state index in [1.807, 2.05) is 36.5 Å². The van der Waals surface area contributed by atoms with Crippen molar-refractivity contribution in [3.8, 4) is 39.5 Å². The second-order valence-corrected chi connectivity index (χ2v) is 11.0. The second-order valence-electron chi connectivity index (χ2n) is 11.0. The maximum atomic E-state index is 5.20. The molecule has 9 aromatic rings. The molecule has 0 unspecified atom stereocenters. The van der Waals surface area contributed by atoms with Crippen LogP contribution in [0.3, 0.4) is 0 Å². The Morgan fingerprint density at radius 3 is 2.09 bits per heavy atom. The Hall–Kier alpha value is -6.07. The van der Waals surface area contributed by atoms with E-state index >= 15 is 0 Å². The fourth-order valence-electron chi connectivity index (χ4n) is 6.27. The van der Waals surface area contributed by atoms with Crippen LogP contribution < -0.4 is 0 Å². The van der Waals surface area contributed by atoms with Crippen LogP contribution in [0.15, 0.2) is 152 Å². The smallest absolute Gasteiger partial charge is 0.165 e. The third-order valence-corrected chi connectivity index (χ3v) is 8.35. The summed E-state index contributed by atoms with van der Waals surface area (Å²) in [7, 11) is 0. The van der Waals surface area contributed by atoms with Gasteiger partial charge in [-0.3, -0.25) is 8.97 Å². The molecule has 0 spiro atoms. The molecule has 0 aliphatic heterocycles. The summed E-state index contributed by atoms with van der Waals surface area (Å²) < 4.78 is 4.31. The maximum absolute atomic E-state index is 5.20. The molecule has 0 aliphatic carbocycles. The zero-order valence-electron chi connectivity index (χ0n) is 23.7. The highest BCUT2D eigenvalue weighted by atomic mass is 15.1. The van der Waals surface area contributed by atoms with Gasteiger partial charge >= 0.3 is 0 Å². The van der Waals surface area contributed by atoms with Crippen molar-refractivity contribution in [1.29, 1.82) is 0 Å². The van der Waals surface area contributed by atoms with E-state index in [4.69, 9.17) is 15.0 Å². The van der Waals surface area contributed by atoms with Gasteiger partial charge in [-0.15, -0.1) is 0 Å². The second kappa shape index (κ2) is 9.75. The lowest BCUT2D eigenvalue weighted by Gasteiger charge is -2.12. The van der Waals surface area contributed by atoms with E-state index in [1.165, 1.54) is 0 Å². The monoisotopic (exact) mass is 563 g/mol. The lowest BCUT2D eigenvalue weighted by Crippen LogP contribution is -1.97. The molecule has 0 radical (unpaired) electrons. The molecule has 0 N–H and O–H groups in total. The summed E-state index contributed by atoms with van der Waals surface area (Å²) in [5, 5.41) is 2.20. The van der Waals surface area contributed by atoms with Crippen LogP contribution in [0.4, 0.5) is 0 Å². The van der Waals surface area contributed by atoms with Gasteiger partial charge in [-0.2, -0.15) is 0 Å². The van der Waals surface area contributed by atoms with E-state index in [9.17, 15) is 0 Å². The maximum Gasteiger partial charge on any atom is 0.165 e. The molecule has 0 aliphatic rings. The molecular formula is C39H25N5. The number of nitrogens with zero attached hydrogens (tertiary/aromatic N) is 5. The van der Waals surface area contributed by atoms with Crippen molar-refractivity contribution in [3.63, 3.8) is 0 Å². The Labute approximate surface area is 253 Å². The number of hydrogen-bond acceptors (Lipinski definition) is 3. The van der Waals surface area contributed by atoms with Gasteiger partial charge in [0, 0.05) is 33.8 Å². The molecule has 5 aromatic carbocycles. The van der Waals surface area contributed by atoms with Crippen LogP contribution in [-0.2, 0) is 0 Å². The van der Waals surface area contributed by atoms with Crippen LogP contribution in [0.5, 0.6) is 0 Å². The zero-order chi connectivity index (χ0) is 29.0. The number of rotatable bonds is 4. The van der Waals surface area contributed by atoms with Crippen molar-refractivity contribution in [2.24, 2.45) is 0 Å². The van der Waals surface area contributed by atoms with Crippen LogP contribution in [0.1, 0.15) is 0 Å². The number of fused-ring (bicyclic) bond motifs is 6. The van der Waals surface area contributed by atoms with Gasteiger partial charge in [0.05, 0.1) is 16.7 Å². The van der Waals surface area contributed by atoms with Crippen molar-refractivity contribution in [1.82, 2.24) is 23.9 Å². The molecule has 5 heteroatoms. The molecule has 0 saturated heterocycles. The molecule has 4 aromatic heterocycles. The Balaban J connectivity index is 1.16. The molecule has 206 valence electrons. The minimum Gasteiger partial charge on any atom is -0.292 e. The van der Waals surface area contributed by atoms with Crippen LogP contribution in [0.2, 0.25) is 0 Å². The summed E-state index contributed by atoms with van der Waals surface area (Å²) in [6.07, 6.45) is 2.03. The first-order valence-electron chi connectivity index (χ1n) is 14.7. The largest absolute Gasteiger partial charge is 0.292 e. The first-order valence-corrected chi connectivity index (χ1v) is 14.7. The summed E-state index contributed by atoms with van der Waals surface area (Å²) in [4.78, 5) is 15.1. The topological polar surface area (TPSA) is 48.0 Å². The predicted octanol–water partition coefficient (Wildman–Crippen LogP) is 9.38. The van der Waals surface area contributed by atoms with Crippen molar-refractivity contribution in [2.45, 2.75) is 0 Å². The summed E-state index contributed by atoms with van der Waals surface area (Å²) in [5.41, 5.74) is 11.2. The van der Waals surface area contributed by atoms with E-state index in [2.05, 4.69) is 124 Å². The number of pyridine rings is 2. The molecule has 0 saturated carbocycles. The van der Waals surface area contributed by atoms with Gasteiger partial charge in [0.25, 0.3) is 0 Å². The minimum atomic E-state index is 0.867. The Bertz CT molecular complexity index is 2490. The van der Waals surface area contributed by atoms with Crippen molar-refractivity contribution in [3.05, 3.63) is 152 Å². The summed E-state index contributed by atoms with van der Waals surface area (Å²) in [6, 6.07) is 50.6. The number of aromatic nitrogens is 5. The highest BCUT2D eigenvalue weighted by Gasteiger charge is 2.16. The van der Waals surface area contributed by atoms with Gasteiger partial charge in [-0.1, -0.05) is 103 Å². The fraction of sp³-hybridized carbons (Fsp3) is 0. The van der Waals surface area contributed by atoms with Gasteiger partial charge in [-0.05, 0) is 53.6 Å². The van der Waals surface area contributed by atoms with Gasteiger partial charge in [0.2, 0.25) is 0 Å². The molecule has 44 heavy (non-hydrogen) atoms. The normalized spacial score (nSPS) is 11.6. The Kier molecular flexibility index (Phi) is 5.43. The molecule has 0 fully saturated rings. The third-order valence-electron chi connectivity index (χ3n) is 8.35. The molecule has 4 heterocycles. The highest BCUT2D eigenvalue weighted by Crippen LogP contribution is 2.35. The average Bonchev–Trinajstić information content (AvgIpc) is 3.68. The first kappa shape index (κ1) is 24.5. The highest BCUT2D eigenvalue weighted by molar-refractivity contribution is 6.09. The molecule has 0 atom stereocenters. The average molecular weight is 564 g/mol. The predicted molar refractivity (Wildman–Crippen MR) is 179 cm³/mol. The summed E-state index contributed by atoms with van der Waals surface area (Å²) in [5.74, 6) is 0.933. The van der Waals surface area contributed by atoms with Crippen LogP contribution >= 0.6 is 0 Å². The lowest BCUT2D eigenvalue weighted by molar-refractivity contribution is 1.10. The van der Waals surface area contributed by atoms with E-state index in [1.54, 1.807) is 0 Å². The lowest BCUT2D eigenvalue weighted by atomic mass is 9.98. The van der Waals surface area contributed by atoms with Crippen molar-refractivity contribution < 1.29 is 0 Å². The van der Waals surface area contributed by atoms with Crippen molar-refractivity contribution in [2.75, 3.05) is 0 Å². The third kappa shape index (κ3) is 3.83. The van der Waals surface area contributed by atoms with E-state index in [-0.39, 0.29) is 0 Å². The van der Waals surface area contributed by atoms with Gasteiger partial charge in [0.1, 0.15) is 17.0 Å². The molecular weight excluding hydrogens is 538 g/mol. The Morgan fingerprint density at radius 2 is 1.20 bits per heavy atom. The fourth-order valence-corrected chi connectivity index (χ4v) is 6.27. The SMILES string of the molecule is c1ccc(-c2nc3ccccc3n2-c2ccc(-c3cccc(-c4nc5c(nc6ccccn65)c5ccccc45)c3)cc2)cc1. The standard InChI is InChI=1S/C39H25N5/c1-2-11-27(12-3-1)38-40-33-17-6-7-18-34(33)44(38)30-22-20-26(21-23-30)28-13-10-14-29(25-28)36-31-15-4-5-16-32(31)37-39(42-36)43-24-9-8-19-35(43)41-37/h1-25H. The quantitative estimate of drug-likeness (QED) is 0.214. The first-order chi connectivity index (χ1) is 21.8. The van der Waals surface area contributed by atoms with Crippen LogP contribution in [-0.4, -0.2) is 23.9 Å². The van der Waals surface area contributed by atoms with Gasteiger partial charge in [0.15, 0.2) is 5.65 Å². The van der Waals surface area contributed by atoms with E-state index in [0.717, 1.165) is 78.1 Å². The van der Waals surface area contributed by atoms with Gasteiger partial charge in [-0.25, -0.2) is 15.0 Å². The molecule has 5 nitrogen and oxygen atoms in total. The number of hydrogen-bond donors (Lipinski definition) is 0. The molecule has 0 bridgehead atoms. The van der Waals surface area contributed by atoms with Crippen LogP contribution in [0.25, 0.3) is 78.1 Å². The summed E-state index contributed by atoms with van der Waals surface area (Å²) in [6.45, 7) is 0.